The van der Waals surface area contributed by atoms with Crippen molar-refractivity contribution in [2.24, 2.45) is 0 Å². The average molecular weight is 336 g/mol. The smallest absolute Gasteiger partial charge is 0.229 e. The fourth-order valence-electron chi connectivity index (χ4n) is 2.74. The van der Waals surface area contributed by atoms with E-state index in [1.165, 1.54) is 16.3 Å². The van der Waals surface area contributed by atoms with Crippen molar-refractivity contribution >= 4 is 22.7 Å². The Balaban J connectivity index is 1.81. The number of nitrogen functional groups attached to an aromatic ring is 1. The van der Waals surface area contributed by atoms with E-state index in [9.17, 15) is 0 Å². The Bertz CT molecular complexity index is 877. The van der Waals surface area contributed by atoms with Gasteiger partial charge in [-0.05, 0) is 36.4 Å². The van der Waals surface area contributed by atoms with E-state index in [0.29, 0.717) is 11.8 Å². The summed E-state index contributed by atoms with van der Waals surface area (Å²) in [6.45, 7) is 2.88. The summed E-state index contributed by atoms with van der Waals surface area (Å²) >= 11 is 0. The number of fused-ring (bicyclic) bond motifs is 1. The van der Waals surface area contributed by atoms with Gasteiger partial charge in [0.15, 0.2) is 5.82 Å². The number of rotatable bonds is 5. The second kappa shape index (κ2) is 7.03. The van der Waals surface area contributed by atoms with E-state index in [0.717, 1.165) is 6.54 Å². The molecule has 0 saturated heterocycles. The van der Waals surface area contributed by atoms with Crippen LogP contribution in [0.2, 0.25) is 0 Å². The van der Waals surface area contributed by atoms with Gasteiger partial charge in [-0.1, -0.05) is 36.4 Å². The summed E-state index contributed by atoms with van der Waals surface area (Å²) < 4.78 is 0. The van der Waals surface area contributed by atoms with E-state index in [2.05, 4.69) is 76.3 Å². The Labute approximate surface area is 148 Å². The van der Waals surface area contributed by atoms with Crippen LogP contribution in [0, 0.1) is 0 Å². The second-order valence-electron chi connectivity index (χ2n) is 6.52. The fraction of sp³-hybridized carbons (Fsp3) is 0.316. The van der Waals surface area contributed by atoms with Gasteiger partial charge in [-0.15, -0.1) is 0 Å². The zero-order chi connectivity index (χ0) is 18.0. The number of hydrogen-bond acceptors (Lipinski definition) is 6. The molecule has 130 valence electrons. The minimum absolute atomic E-state index is 0.0236. The zero-order valence-electron chi connectivity index (χ0n) is 15.1. The first-order chi connectivity index (χ1) is 11.9. The molecule has 0 spiro atoms. The minimum Gasteiger partial charge on any atom is -0.368 e. The van der Waals surface area contributed by atoms with Gasteiger partial charge < -0.3 is 10.6 Å². The van der Waals surface area contributed by atoms with Crippen molar-refractivity contribution < 1.29 is 0 Å². The fourth-order valence-corrected chi connectivity index (χ4v) is 2.74. The van der Waals surface area contributed by atoms with Crippen LogP contribution in [0.3, 0.4) is 0 Å². The molecule has 3 aromatic rings. The van der Waals surface area contributed by atoms with E-state index in [1.54, 1.807) is 0 Å². The molecule has 2 N–H and O–H groups in total. The van der Waals surface area contributed by atoms with Crippen molar-refractivity contribution in [3.63, 3.8) is 0 Å². The monoisotopic (exact) mass is 336 g/mol. The summed E-state index contributed by atoms with van der Waals surface area (Å²) in [4.78, 5) is 17.0. The topological polar surface area (TPSA) is 71.2 Å². The average Bonchev–Trinajstić information content (AvgIpc) is 2.60. The molecule has 6 heteroatoms. The molecular formula is C19H24N6. The van der Waals surface area contributed by atoms with Crippen LogP contribution in [0.15, 0.2) is 42.5 Å². The molecule has 0 bridgehead atoms. The van der Waals surface area contributed by atoms with Crippen molar-refractivity contribution in [3.05, 3.63) is 53.9 Å². The van der Waals surface area contributed by atoms with Crippen molar-refractivity contribution in [1.82, 2.24) is 19.9 Å². The molecule has 1 aromatic heterocycles. The Morgan fingerprint density at radius 3 is 2.40 bits per heavy atom. The van der Waals surface area contributed by atoms with Crippen molar-refractivity contribution in [2.75, 3.05) is 31.8 Å². The number of aromatic nitrogens is 3. The quantitative estimate of drug-likeness (QED) is 0.772. The molecule has 1 atom stereocenters. The zero-order valence-corrected chi connectivity index (χ0v) is 15.1. The van der Waals surface area contributed by atoms with Crippen molar-refractivity contribution in [3.8, 4) is 0 Å². The lowest BCUT2D eigenvalue weighted by Crippen LogP contribution is -2.25. The second-order valence-corrected chi connectivity index (χ2v) is 6.52. The van der Waals surface area contributed by atoms with Gasteiger partial charge in [-0.3, -0.25) is 4.90 Å². The van der Waals surface area contributed by atoms with Crippen molar-refractivity contribution in [1.29, 1.82) is 0 Å². The Kier molecular flexibility index (Phi) is 4.81. The third-order valence-corrected chi connectivity index (χ3v) is 4.34. The van der Waals surface area contributed by atoms with Gasteiger partial charge in [0.2, 0.25) is 11.9 Å². The number of nitrogens with zero attached hydrogens (tertiary/aromatic N) is 5. The van der Waals surface area contributed by atoms with Crippen LogP contribution in [0.5, 0.6) is 0 Å². The summed E-state index contributed by atoms with van der Waals surface area (Å²) in [6, 6.07) is 15.0. The van der Waals surface area contributed by atoms with Crippen LogP contribution in [-0.2, 0) is 6.54 Å². The Morgan fingerprint density at radius 1 is 0.960 bits per heavy atom. The van der Waals surface area contributed by atoms with Gasteiger partial charge in [0.1, 0.15) is 0 Å². The third-order valence-electron chi connectivity index (χ3n) is 4.34. The highest BCUT2D eigenvalue weighted by Crippen LogP contribution is 2.22. The predicted molar refractivity (Wildman–Crippen MR) is 102 cm³/mol. The van der Waals surface area contributed by atoms with Gasteiger partial charge in [0, 0.05) is 20.6 Å². The van der Waals surface area contributed by atoms with Crippen LogP contribution in [0.4, 0.5) is 11.9 Å². The summed E-state index contributed by atoms with van der Waals surface area (Å²) in [7, 11) is 5.85. The molecule has 3 rings (SSSR count). The lowest BCUT2D eigenvalue weighted by Gasteiger charge is -2.24. The first-order valence-electron chi connectivity index (χ1n) is 8.30. The largest absolute Gasteiger partial charge is 0.368 e. The van der Waals surface area contributed by atoms with E-state index < -0.39 is 0 Å². The van der Waals surface area contributed by atoms with Crippen LogP contribution < -0.4 is 10.6 Å². The van der Waals surface area contributed by atoms with Crippen LogP contribution in [0.1, 0.15) is 24.4 Å². The molecule has 0 aliphatic heterocycles. The molecule has 0 unspecified atom stereocenters. The summed E-state index contributed by atoms with van der Waals surface area (Å²) in [6.07, 6.45) is 0. The third kappa shape index (κ3) is 3.85. The van der Waals surface area contributed by atoms with Gasteiger partial charge in [-0.2, -0.15) is 15.0 Å². The molecule has 0 radical (unpaired) electrons. The molecule has 0 fully saturated rings. The minimum atomic E-state index is 0.0236. The summed E-state index contributed by atoms with van der Waals surface area (Å²) in [5.41, 5.74) is 7.10. The number of anilines is 2. The van der Waals surface area contributed by atoms with Crippen molar-refractivity contribution in [2.45, 2.75) is 19.5 Å². The van der Waals surface area contributed by atoms with Gasteiger partial charge in [0.05, 0.1) is 6.04 Å². The number of nitrogens with two attached hydrogens (primary N) is 1. The van der Waals surface area contributed by atoms with E-state index in [1.807, 2.05) is 19.0 Å². The van der Waals surface area contributed by atoms with Crippen LogP contribution in [0.25, 0.3) is 10.8 Å². The van der Waals surface area contributed by atoms with E-state index in [-0.39, 0.29) is 12.0 Å². The predicted octanol–water partition coefficient (Wildman–Crippen LogP) is 2.87. The molecule has 0 saturated carbocycles. The molecule has 0 aliphatic rings. The van der Waals surface area contributed by atoms with Crippen LogP contribution in [-0.4, -0.2) is 41.0 Å². The standard InChI is InChI=1S/C19H24N6/c1-13(17-21-18(20)23-19(22-17)24(2)3)25(4)12-14-9-10-15-7-5-6-8-16(15)11-14/h5-11,13H,12H2,1-4H3,(H2,20,21,22,23)/t13-/m1/s1. The SMILES string of the molecule is C[C@H](c1nc(N)nc(N(C)C)n1)N(C)Cc1ccc2ccccc2c1. The molecule has 25 heavy (non-hydrogen) atoms. The number of hydrogen-bond donors (Lipinski definition) is 1. The van der Waals surface area contributed by atoms with E-state index in [4.69, 9.17) is 5.73 Å². The Morgan fingerprint density at radius 2 is 1.68 bits per heavy atom. The molecular weight excluding hydrogens is 312 g/mol. The van der Waals surface area contributed by atoms with Gasteiger partial charge >= 0.3 is 0 Å². The molecule has 6 nitrogen and oxygen atoms in total. The molecule has 0 amide bonds. The summed E-state index contributed by atoms with van der Waals surface area (Å²) in [5, 5.41) is 2.50. The van der Waals surface area contributed by atoms with Crippen LogP contribution >= 0.6 is 0 Å². The lowest BCUT2D eigenvalue weighted by molar-refractivity contribution is 0.244. The number of benzene rings is 2. The molecule has 0 aliphatic carbocycles. The van der Waals surface area contributed by atoms with Gasteiger partial charge in [-0.25, -0.2) is 0 Å². The maximum Gasteiger partial charge on any atom is 0.229 e. The van der Waals surface area contributed by atoms with Gasteiger partial charge in [0.25, 0.3) is 0 Å². The van der Waals surface area contributed by atoms with E-state index >= 15 is 0 Å². The first-order valence-corrected chi connectivity index (χ1v) is 8.30. The lowest BCUT2D eigenvalue weighted by atomic mass is 10.1. The highest BCUT2D eigenvalue weighted by atomic mass is 15.3. The maximum absolute atomic E-state index is 5.84. The Hall–Kier alpha value is -2.73. The normalized spacial score (nSPS) is 12.5. The highest BCUT2D eigenvalue weighted by molar-refractivity contribution is 5.82. The molecule has 2 aromatic carbocycles. The maximum atomic E-state index is 5.84. The highest BCUT2D eigenvalue weighted by Gasteiger charge is 2.17. The first kappa shape index (κ1) is 17.1. The summed E-state index contributed by atoms with van der Waals surface area (Å²) in [5.74, 6) is 1.51. The molecule has 1 heterocycles.